The van der Waals surface area contributed by atoms with E-state index in [1.807, 2.05) is 0 Å². The molecule has 0 saturated heterocycles. The number of amides is 1. The van der Waals surface area contributed by atoms with Crippen LogP contribution in [0.1, 0.15) is 26.3 Å². The average molecular weight is 392 g/mol. The summed E-state index contributed by atoms with van der Waals surface area (Å²) in [5, 5.41) is 3.35. The fourth-order valence-corrected chi connectivity index (χ4v) is 2.95. The number of rotatable bonds is 8. The molecule has 7 heteroatoms. The molecular formula is C19H18ClNO4S. The number of nitrogens with one attached hydrogen (secondary N) is 1. The van der Waals surface area contributed by atoms with Gasteiger partial charge in [-0.25, -0.2) is 4.79 Å². The van der Waals surface area contributed by atoms with Crippen molar-refractivity contribution in [2.75, 3.05) is 18.6 Å². The summed E-state index contributed by atoms with van der Waals surface area (Å²) in [6, 6.07) is 13.5. The molecule has 0 fully saturated rings. The monoisotopic (exact) mass is 391 g/mol. The van der Waals surface area contributed by atoms with Gasteiger partial charge in [0, 0.05) is 17.1 Å². The van der Waals surface area contributed by atoms with Gasteiger partial charge in [0.2, 0.25) is 5.91 Å². The SMILES string of the molecule is COC(=O)c1ccc(CNC(=O)CSCC(=O)c2ccc(Cl)cc2)cc1. The van der Waals surface area contributed by atoms with E-state index in [9.17, 15) is 14.4 Å². The lowest BCUT2D eigenvalue weighted by atomic mass is 10.1. The Labute approximate surface area is 161 Å². The number of hydrogen-bond donors (Lipinski definition) is 1. The Morgan fingerprint density at radius 3 is 2.19 bits per heavy atom. The molecule has 0 aliphatic carbocycles. The van der Waals surface area contributed by atoms with Crippen LogP contribution in [0.2, 0.25) is 5.02 Å². The maximum atomic E-state index is 12.0. The normalized spacial score (nSPS) is 10.2. The summed E-state index contributed by atoms with van der Waals surface area (Å²) in [6.07, 6.45) is 0. The van der Waals surface area contributed by atoms with E-state index in [-0.39, 0.29) is 23.2 Å². The highest BCUT2D eigenvalue weighted by molar-refractivity contribution is 8.00. The zero-order chi connectivity index (χ0) is 18.9. The van der Waals surface area contributed by atoms with Gasteiger partial charge >= 0.3 is 5.97 Å². The lowest BCUT2D eigenvalue weighted by Crippen LogP contribution is -2.25. The summed E-state index contributed by atoms with van der Waals surface area (Å²) in [6.45, 7) is 0.353. The molecule has 1 N–H and O–H groups in total. The molecule has 0 aromatic heterocycles. The lowest BCUT2D eigenvalue weighted by molar-refractivity contribution is -0.118. The molecule has 2 rings (SSSR count). The van der Waals surface area contributed by atoms with Gasteiger partial charge in [0.25, 0.3) is 0 Å². The number of methoxy groups -OCH3 is 1. The molecule has 0 aliphatic heterocycles. The third-order valence-electron chi connectivity index (χ3n) is 3.50. The van der Waals surface area contributed by atoms with Crippen LogP contribution in [0.15, 0.2) is 48.5 Å². The highest BCUT2D eigenvalue weighted by atomic mass is 35.5. The van der Waals surface area contributed by atoms with E-state index in [1.165, 1.54) is 18.9 Å². The Bertz CT molecular complexity index is 775. The molecule has 0 bridgehead atoms. The number of carbonyl (C=O) groups excluding carboxylic acids is 3. The maximum absolute atomic E-state index is 12.0. The third-order valence-corrected chi connectivity index (χ3v) is 4.68. The van der Waals surface area contributed by atoms with Crippen molar-refractivity contribution in [1.82, 2.24) is 5.32 Å². The number of ether oxygens (including phenoxy) is 1. The van der Waals surface area contributed by atoms with Crippen molar-refractivity contribution in [3.8, 4) is 0 Å². The quantitative estimate of drug-likeness (QED) is 0.551. The van der Waals surface area contributed by atoms with Gasteiger partial charge in [-0.05, 0) is 42.0 Å². The minimum Gasteiger partial charge on any atom is -0.465 e. The molecule has 0 heterocycles. The third kappa shape index (κ3) is 6.20. The fourth-order valence-electron chi connectivity index (χ4n) is 2.08. The first kappa shape index (κ1) is 20.0. The van der Waals surface area contributed by atoms with Gasteiger partial charge in [-0.3, -0.25) is 9.59 Å². The molecule has 2 aromatic rings. The number of carbonyl (C=O) groups is 3. The van der Waals surface area contributed by atoms with Gasteiger partial charge in [0.05, 0.1) is 24.2 Å². The van der Waals surface area contributed by atoms with Crippen LogP contribution < -0.4 is 5.32 Å². The van der Waals surface area contributed by atoms with Gasteiger partial charge in [0.1, 0.15) is 0 Å². The Morgan fingerprint density at radius 2 is 1.58 bits per heavy atom. The smallest absolute Gasteiger partial charge is 0.337 e. The largest absolute Gasteiger partial charge is 0.465 e. The van der Waals surface area contributed by atoms with E-state index < -0.39 is 5.97 Å². The summed E-state index contributed by atoms with van der Waals surface area (Å²) < 4.78 is 4.63. The second-order valence-electron chi connectivity index (χ2n) is 5.39. The predicted molar refractivity (Wildman–Crippen MR) is 103 cm³/mol. The van der Waals surface area contributed by atoms with E-state index in [1.54, 1.807) is 48.5 Å². The van der Waals surface area contributed by atoms with Crippen LogP contribution in [0.4, 0.5) is 0 Å². The van der Waals surface area contributed by atoms with E-state index >= 15 is 0 Å². The van der Waals surface area contributed by atoms with Crippen LogP contribution in [0.25, 0.3) is 0 Å². The topological polar surface area (TPSA) is 72.5 Å². The van der Waals surface area contributed by atoms with Crippen molar-refractivity contribution >= 4 is 41.0 Å². The lowest BCUT2D eigenvalue weighted by Gasteiger charge is -2.06. The Hall–Kier alpha value is -2.31. The molecule has 0 radical (unpaired) electrons. The Kier molecular flexibility index (Phi) is 7.69. The maximum Gasteiger partial charge on any atom is 0.337 e. The van der Waals surface area contributed by atoms with Crippen LogP contribution in [0.5, 0.6) is 0 Å². The summed E-state index contributed by atoms with van der Waals surface area (Å²) in [5.74, 6) is -0.182. The van der Waals surface area contributed by atoms with Gasteiger partial charge in [-0.1, -0.05) is 23.7 Å². The average Bonchev–Trinajstić information content (AvgIpc) is 2.66. The number of Topliss-reactive ketones (excluding diaryl/α,β-unsaturated/α-hetero) is 1. The van der Waals surface area contributed by atoms with Crippen LogP contribution in [-0.2, 0) is 16.1 Å². The van der Waals surface area contributed by atoms with E-state index in [0.717, 1.165) is 5.56 Å². The second kappa shape index (κ2) is 9.99. The number of benzene rings is 2. The molecule has 136 valence electrons. The number of halogens is 1. The van der Waals surface area contributed by atoms with Crippen LogP contribution in [0, 0.1) is 0 Å². The molecule has 0 aliphatic rings. The predicted octanol–water partition coefficient (Wildman–Crippen LogP) is 3.36. The Morgan fingerprint density at radius 1 is 0.962 bits per heavy atom. The summed E-state index contributed by atoms with van der Waals surface area (Å²) in [5.41, 5.74) is 1.90. The fraction of sp³-hybridized carbons (Fsp3) is 0.211. The van der Waals surface area contributed by atoms with Crippen LogP contribution in [-0.4, -0.2) is 36.3 Å². The number of thioether (sulfide) groups is 1. The molecular weight excluding hydrogens is 374 g/mol. The minimum atomic E-state index is -0.401. The van der Waals surface area contributed by atoms with E-state index in [0.29, 0.717) is 22.7 Å². The standard InChI is InChI=1S/C19H18ClNO4S/c1-25-19(24)15-4-2-13(3-5-15)10-21-18(23)12-26-11-17(22)14-6-8-16(20)9-7-14/h2-9H,10-12H2,1H3,(H,21,23). The molecule has 1 amide bonds. The number of hydrogen-bond acceptors (Lipinski definition) is 5. The van der Waals surface area contributed by atoms with Crippen molar-refractivity contribution in [2.24, 2.45) is 0 Å². The molecule has 0 unspecified atom stereocenters. The first-order valence-corrected chi connectivity index (χ1v) is 9.33. The summed E-state index contributed by atoms with van der Waals surface area (Å²) in [4.78, 5) is 35.2. The van der Waals surface area contributed by atoms with Crippen LogP contribution in [0.3, 0.4) is 0 Å². The highest BCUT2D eigenvalue weighted by Gasteiger charge is 2.09. The van der Waals surface area contributed by atoms with Crippen molar-refractivity contribution in [3.63, 3.8) is 0 Å². The van der Waals surface area contributed by atoms with Gasteiger partial charge in [0.15, 0.2) is 5.78 Å². The van der Waals surface area contributed by atoms with Crippen molar-refractivity contribution < 1.29 is 19.1 Å². The number of ketones is 1. The van der Waals surface area contributed by atoms with Gasteiger partial charge in [-0.15, -0.1) is 11.8 Å². The van der Waals surface area contributed by atoms with Gasteiger partial charge < -0.3 is 10.1 Å². The summed E-state index contributed by atoms with van der Waals surface area (Å²) in [7, 11) is 1.33. The Balaban J connectivity index is 1.71. The van der Waals surface area contributed by atoms with E-state index in [4.69, 9.17) is 11.6 Å². The molecule has 5 nitrogen and oxygen atoms in total. The molecule has 0 spiro atoms. The number of esters is 1. The van der Waals surface area contributed by atoms with Crippen LogP contribution >= 0.6 is 23.4 Å². The first-order chi connectivity index (χ1) is 12.5. The van der Waals surface area contributed by atoms with E-state index in [2.05, 4.69) is 10.1 Å². The first-order valence-electron chi connectivity index (χ1n) is 7.80. The minimum absolute atomic E-state index is 0.0436. The van der Waals surface area contributed by atoms with Crippen molar-refractivity contribution in [2.45, 2.75) is 6.54 Å². The molecule has 0 atom stereocenters. The zero-order valence-electron chi connectivity index (χ0n) is 14.2. The molecule has 26 heavy (non-hydrogen) atoms. The highest BCUT2D eigenvalue weighted by Crippen LogP contribution is 2.12. The summed E-state index contributed by atoms with van der Waals surface area (Å²) >= 11 is 7.04. The second-order valence-corrected chi connectivity index (χ2v) is 6.81. The van der Waals surface area contributed by atoms with Crippen molar-refractivity contribution in [3.05, 3.63) is 70.2 Å². The van der Waals surface area contributed by atoms with Gasteiger partial charge in [-0.2, -0.15) is 0 Å². The molecule has 0 saturated carbocycles. The van der Waals surface area contributed by atoms with Crippen molar-refractivity contribution in [1.29, 1.82) is 0 Å². The molecule has 2 aromatic carbocycles. The zero-order valence-corrected chi connectivity index (χ0v) is 15.7.